The van der Waals surface area contributed by atoms with Crippen molar-refractivity contribution >= 4 is 28.9 Å². The Morgan fingerprint density at radius 2 is 1.70 bits per heavy atom. The van der Waals surface area contributed by atoms with Crippen molar-refractivity contribution in [3.63, 3.8) is 0 Å². The van der Waals surface area contributed by atoms with Crippen LogP contribution in [0.3, 0.4) is 0 Å². The number of aryl methyl sites for hydroxylation is 1. The molecule has 0 heterocycles. The van der Waals surface area contributed by atoms with Crippen molar-refractivity contribution in [2.45, 2.75) is 13.5 Å². The summed E-state index contributed by atoms with van der Waals surface area (Å²) >= 11 is 5.28. The second-order valence-corrected chi connectivity index (χ2v) is 6.46. The lowest BCUT2D eigenvalue weighted by atomic mass is 10.1. The SMILES string of the molecule is Cc1cccc(C(=O)NC(=S)Nc2ccccc2OCc2ccccc2)c1. The topological polar surface area (TPSA) is 50.4 Å². The maximum atomic E-state index is 12.3. The Bertz CT molecular complexity index is 942. The number of thiocarbonyl (C=S) groups is 1. The van der Waals surface area contributed by atoms with E-state index in [1.807, 2.05) is 79.7 Å². The molecule has 0 unspecified atom stereocenters. The molecular formula is C22H20N2O2S. The van der Waals surface area contributed by atoms with E-state index < -0.39 is 0 Å². The Balaban J connectivity index is 1.63. The summed E-state index contributed by atoms with van der Waals surface area (Å²) in [5, 5.41) is 5.96. The van der Waals surface area contributed by atoms with Gasteiger partial charge in [-0.15, -0.1) is 0 Å². The third-order valence-corrected chi connectivity index (χ3v) is 4.08. The van der Waals surface area contributed by atoms with E-state index in [4.69, 9.17) is 17.0 Å². The molecular weight excluding hydrogens is 356 g/mol. The highest BCUT2D eigenvalue weighted by Gasteiger charge is 2.10. The third-order valence-electron chi connectivity index (χ3n) is 3.88. The maximum Gasteiger partial charge on any atom is 0.257 e. The number of para-hydroxylation sites is 2. The average Bonchev–Trinajstić information content (AvgIpc) is 2.68. The van der Waals surface area contributed by atoms with E-state index in [-0.39, 0.29) is 11.0 Å². The minimum Gasteiger partial charge on any atom is -0.487 e. The molecule has 4 nitrogen and oxygen atoms in total. The van der Waals surface area contributed by atoms with Crippen LogP contribution in [0.4, 0.5) is 5.69 Å². The zero-order valence-electron chi connectivity index (χ0n) is 14.9. The van der Waals surface area contributed by atoms with E-state index in [0.29, 0.717) is 23.6 Å². The van der Waals surface area contributed by atoms with Crippen molar-refractivity contribution in [2.75, 3.05) is 5.32 Å². The predicted molar refractivity (Wildman–Crippen MR) is 112 cm³/mol. The fourth-order valence-electron chi connectivity index (χ4n) is 2.55. The lowest BCUT2D eigenvalue weighted by Gasteiger charge is -2.14. The molecule has 3 rings (SSSR count). The Kier molecular flexibility index (Phi) is 6.18. The summed E-state index contributed by atoms with van der Waals surface area (Å²) in [6.07, 6.45) is 0. The van der Waals surface area contributed by atoms with Gasteiger partial charge < -0.3 is 10.1 Å². The molecule has 0 saturated heterocycles. The van der Waals surface area contributed by atoms with Crippen molar-refractivity contribution in [2.24, 2.45) is 0 Å². The molecule has 3 aromatic rings. The molecule has 0 spiro atoms. The molecule has 0 aliphatic carbocycles. The number of ether oxygens (including phenoxy) is 1. The molecule has 0 aromatic heterocycles. The van der Waals surface area contributed by atoms with Gasteiger partial charge in [-0.25, -0.2) is 0 Å². The molecule has 2 N–H and O–H groups in total. The first kappa shape index (κ1) is 18.6. The number of nitrogens with one attached hydrogen (secondary N) is 2. The van der Waals surface area contributed by atoms with Gasteiger partial charge >= 0.3 is 0 Å². The molecule has 5 heteroatoms. The number of benzene rings is 3. The molecule has 27 heavy (non-hydrogen) atoms. The highest BCUT2D eigenvalue weighted by Crippen LogP contribution is 2.24. The van der Waals surface area contributed by atoms with Gasteiger partial charge in [0.15, 0.2) is 5.11 Å². The number of hydrogen-bond acceptors (Lipinski definition) is 3. The van der Waals surface area contributed by atoms with Crippen LogP contribution in [0.15, 0.2) is 78.9 Å². The number of rotatable bonds is 5. The van der Waals surface area contributed by atoms with Crippen LogP contribution in [0.25, 0.3) is 0 Å². The molecule has 0 aliphatic rings. The van der Waals surface area contributed by atoms with Crippen molar-refractivity contribution in [1.82, 2.24) is 5.32 Å². The molecule has 0 fully saturated rings. The summed E-state index contributed by atoms with van der Waals surface area (Å²) in [6, 6.07) is 24.7. The minimum absolute atomic E-state index is 0.220. The summed E-state index contributed by atoms with van der Waals surface area (Å²) in [6.45, 7) is 2.38. The van der Waals surface area contributed by atoms with E-state index in [2.05, 4.69) is 10.6 Å². The normalized spacial score (nSPS) is 10.1. The first-order valence-electron chi connectivity index (χ1n) is 8.56. The van der Waals surface area contributed by atoms with Crippen LogP contribution in [-0.4, -0.2) is 11.0 Å². The van der Waals surface area contributed by atoms with Crippen LogP contribution < -0.4 is 15.4 Å². The number of amides is 1. The van der Waals surface area contributed by atoms with Gasteiger partial charge in [0.05, 0.1) is 5.69 Å². The molecule has 0 bridgehead atoms. The largest absolute Gasteiger partial charge is 0.487 e. The lowest BCUT2D eigenvalue weighted by molar-refractivity contribution is 0.0977. The third kappa shape index (κ3) is 5.39. The van der Waals surface area contributed by atoms with E-state index in [1.54, 1.807) is 6.07 Å². The Hall–Kier alpha value is -3.18. The number of hydrogen-bond donors (Lipinski definition) is 2. The van der Waals surface area contributed by atoms with Crippen LogP contribution in [-0.2, 0) is 6.61 Å². The van der Waals surface area contributed by atoms with Crippen LogP contribution >= 0.6 is 12.2 Å². The number of anilines is 1. The second-order valence-electron chi connectivity index (χ2n) is 6.05. The molecule has 0 aliphatic heterocycles. The first-order valence-corrected chi connectivity index (χ1v) is 8.97. The van der Waals surface area contributed by atoms with E-state index >= 15 is 0 Å². The first-order chi connectivity index (χ1) is 13.1. The Morgan fingerprint density at radius 1 is 0.963 bits per heavy atom. The zero-order valence-corrected chi connectivity index (χ0v) is 15.8. The fourth-order valence-corrected chi connectivity index (χ4v) is 2.75. The Morgan fingerprint density at radius 3 is 2.48 bits per heavy atom. The summed E-state index contributed by atoms with van der Waals surface area (Å²) in [4.78, 5) is 12.3. The van der Waals surface area contributed by atoms with E-state index in [0.717, 1.165) is 11.1 Å². The van der Waals surface area contributed by atoms with Gasteiger partial charge in [-0.05, 0) is 49.0 Å². The van der Waals surface area contributed by atoms with E-state index in [1.165, 1.54) is 0 Å². The highest BCUT2D eigenvalue weighted by atomic mass is 32.1. The molecule has 136 valence electrons. The average molecular weight is 376 g/mol. The lowest BCUT2D eigenvalue weighted by Crippen LogP contribution is -2.34. The van der Waals surface area contributed by atoms with Gasteiger partial charge in [-0.3, -0.25) is 10.1 Å². The van der Waals surface area contributed by atoms with Crippen molar-refractivity contribution in [1.29, 1.82) is 0 Å². The fraction of sp³-hybridized carbons (Fsp3) is 0.0909. The van der Waals surface area contributed by atoms with Crippen molar-refractivity contribution in [3.8, 4) is 5.75 Å². The van der Waals surface area contributed by atoms with Crippen LogP contribution in [0.5, 0.6) is 5.75 Å². The van der Waals surface area contributed by atoms with Gasteiger partial charge in [0.1, 0.15) is 12.4 Å². The van der Waals surface area contributed by atoms with Crippen LogP contribution in [0, 0.1) is 6.92 Å². The molecule has 0 radical (unpaired) electrons. The minimum atomic E-state index is -0.251. The standard InChI is InChI=1S/C22H20N2O2S/c1-16-8-7-11-18(14-16)21(25)24-22(27)23-19-12-5-6-13-20(19)26-15-17-9-3-2-4-10-17/h2-14H,15H2,1H3,(H2,23,24,25,27). The van der Waals surface area contributed by atoms with Gasteiger partial charge in [-0.1, -0.05) is 60.2 Å². The molecule has 1 amide bonds. The van der Waals surface area contributed by atoms with Crippen LogP contribution in [0.1, 0.15) is 21.5 Å². The quantitative estimate of drug-likeness (QED) is 0.634. The number of carbonyl (C=O) groups is 1. The van der Waals surface area contributed by atoms with E-state index in [9.17, 15) is 4.79 Å². The monoisotopic (exact) mass is 376 g/mol. The summed E-state index contributed by atoms with van der Waals surface area (Å²) in [5.74, 6) is 0.410. The summed E-state index contributed by atoms with van der Waals surface area (Å²) in [5.41, 5.74) is 3.35. The second kappa shape index (κ2) is 8.96. The van der Waals surface area contributed by atoms with Crippen LogP contribution in [0.2, 0.25) is 0 Å². The van der Waals surface area contributed by atoms with Gasteiger partial charge in [0.25, 0.3) is 5.91 Å². The summed E-state index contributed by atoms with van der Waals surface area (Å²) in [7, 11) is 0. The van der Waals surface area contributed by atoms with Crippen molar-refractivity contribution < 1.29 is 9.53 Å². The summed E-state index contributed by atoms with van der Waals surface area (Å²) < 4.78 is 5.89. The van der Waals surface area contributed by atoms with Gasteiger partial charge in [0.2, 0.25) is 0 Å². The highest BCUT2D eigenvalue weighted by molar-refractivity contribution is 7.80. The molecule has 3 aromatic carbocycles. The predicted octanol–water partition coefficient (Wildman–Crippen LogP) is 4.70. The molecule has 0 saturated carbocycles. The number of carbonyl (C=O) groups excluding carboxylic acids is 1. The van der Waals surface area contributed by atoms with Gasteiger partial charge in [-0.2, -0.15) is 0 Å². The van der Waals surface area contributed by atoms with Gasteiger partial charge in [0, 0.05) is 5.56 Å². The van der Waals surface area contributed by atoms with Crippen molar-refractivity contribution in [3.05, 3.63) is 95.6 Å². The Labute approximate surface area is 164 Å². The zero-order chi connectivity index (χ0) is 19.1. The molecule has 0 atom stereocenters. The maximum absolute atomic E-state index is 12.3. The smallest absolute Gasteiger partial charge is 0.257 e.